The summed E-state index contributed by atoms with van der Waals surface area (Å²) in [5, 5.41) is 1.17. The molecule has 0 saturated heterocycles. The summed E-state index contributed by atoms with van der Waals surface area (Å²) < 4.78 is 188. The average Bonchev–Trinajstić information content (AvgIpc) is 3.29. The van der Waals surface area contributed by atoms with Crippen LogP contribution in [0.5, 0.6) is 0 Å². The van der Waals surface area contributed by atoms with Gasteiger partial charge >= 0.3 is 0 Å². The fourth-order valence-corrected chi connectivity index (χ4v) is 4.94. The number of benzene rings is 3. The quantitative estimate of drug-likeness (QED) is 0.169. The standard InChI is InChI=1S/C27H16F13N/c1-3-4-8-5-7(2)9(6-8)10-13(28)22(37)26(23(38)14(10)29)41-27-24(39)17(32)12(18(33)25(27)40)11-15(30)19(34)21(36)20(35)16(11)31/h8,41H,3-6H2,1-2H3. The van der Waals surface area contributed by atoms with Gasteiger partial charge in [-0.2, -0.15) is 0 Å². The maximum Gasteiger partial charge on any atom is 0.200 e. The fourth-order valence-electron chi connectivity index (χ4n) is 4.94. The number of rotatable bonds is 6. The number of allylic oxidation sites excluding steroid dienone is 2. The van der Waals surface area contributed by atoms with Crippen LogP contribution < -0.4 is 5.32 Å². The van der Waals surface area contributed by atoms with Gasteiger partial charge in [-0.25, -0.2) is 57.1 Å². The van der Waals surface area contributed by atoms with Crippen LogP contribution in [0.4, 0.5) is 68.5 Å². The highest BCUT2D eigenvalue weighted by atomic mass is 19.2. The van der Waals surface area contributed by atoms with E-state index in [2.05, 4.69) is 0 Å². The normalized spacial score (nSPS) is 15.3. The van der Waals surface area contributed by atoms with E-state index in [1.54, 1.807) is 0 Å². The number of hydrogen-bond donors (Lipinski definition) is 1. The first-order valence-corrected chi connectivity index (χ1v) is 11.8. The molecule has 0 aromatic heterocycles. The summed E-state index contributed by atoms with van der Waals surface area (Å²) in [7, 11) is 0. The molecule has 41 heavy (non-hydrogen) atoms. The van der Waals surface area contributed by atoms with Gasteiger partial charge in [-0.05, 0) is 31.3 Å². The van der Waals surface area contributed by atoms with Crippen molar-refractivity contribution in [3.8, 4) is 11.1 Å². The van der Waals surface area contributed by atoms with E-state index in [1.807, 2.05) is 6.92 Å². The van der Waals surface area contributed by atoms with Gasteiger partial charge in [0.05, 0.1) is 16.7 Å². The van der Waals surface area contributed by atoms with Crippen LogP contribution in [0.15, 0.2) is 5.57 Å². The molecule has 0 saturated carbocycles. The first-order chi connectivity index (χ1) is 19.1. The molecule has 4 rings (SSSR count). The molecule has 14 heteroatoms. The lowest BCUT2D eigenvalue weighted by atomic mass is 9.96. The molecule has 0 amide bonds. The molecule has 1 aliphatic rings. The topological polar surface area (TPSA) is 12.0 Å². The Labute approximate surface area is 223 Å². The molecule has 0 heterocycles. The monoisotopic (exact) mass is 601 g/mol. The number of anilines is 2. The largest absolute Gasteiger partial charge is 0.346 e. The van der Waals surface area contributed by atoms with Gasteiger partial charge in [-0.15, -0.1) is 0 Å². The first-order valence-electron chi connectivity index (χ1n) is 11.8. The molecule has 1 aliphatic carbocycles. The second-order valence-corrected chi connectivity index (χ2v) is 9.40. The molecular weight excluding hydrogens is 585 g/mol. The third-order valence-electron chi connectivity index (χ3n) is 6.84. The van der Waals surface area contributed by atoms with Crippen molar-refractivity contribution in [2.24, 2.45) is 5.92 Å². The van der Waals surface area contributed by atoms with Crippen molar-refractivity contribution in [1.82, 2.24) is 0 Å². The molecule has 0 bridgehead atoms. The van der Waals surface area contributed by atoms with E-state index >= 15 is 8.78 Å². The Morgan fingerprint density at radius 3 is 1.22 bits per heavy atom. The molecule has 1 nitrogen and oxygen atoms in total. The lowest BCUT2D eigenvalue weighted by Gasteiger charge is -2.18. The van der Waals surface area contributed by atoms with E-state index in [-0.39, 0.29) is 17.9 Å². The minimum Gasteiger partial charge on any atom is -0.346 e. The van der Waals surface area contributed by atoms with Crippen molar-refractivity contribution >= 4 is 16.9 Å². The summed E-state index contributed by atoms with van der Waals surface area (Å²) in [4.78, 5) is 0. The van der Waals surface area contributed by atoms with Crippen molar-refractivity contribution in [3.63, 3.8) is 0 Å². The Hall–Kier alpha value is -3.71. The van der Waals surface area contributed by atoms with Crippen LogP contribution >= 0.6 is 0 Å². The lowest BCUT2D eigenvalue weighted by molar-refractivity contribution is 0.379. The van der Waals surface area contributed by atoms with Gasteiger partial charge in [0.25, 0.3) is 0 Å². The fraction of sp³-hybridized carbons (Fsp3) is 0.259. The maximum absolute atomic E-state index is 15.0. The Kier molecular flexibility index (Phi) is 8.07. The molecule has 1 unspecified atom stereocenters. The third kappa shape index (κ3) is 4.70. The zero-order valence-electron chi connectivity index (χ0n) is 20.8. The van der Waals surface area contributed by atoms with Crippen molar-refractivity contribution in [3.05, 3.63) is 86.8 Å². The van der Waals surface area contributed by atoms with E-state index < -0.39 is 104 Å². The predicted octanol–water partition coefficient (Wildman–Crippen LogP) is 9.89. The van der Waals surface area contributed by atoms with Crippen LogP contribution in [0.1, 0.15) is 45.1 Å². The molecule has 220 valence electrons. The van der Waals surface area contributed by atoms with E-state index in [0.717, 1.165) is 6.42 Å². The zero-order valence-corrected chi connectivity index (χ0v) is 20.8. The highest BCUT2D eigenvalue weighted by molar-refractivity contribution is 5.76. The number of nitrogens with one attached hydrogen (secondary N) is 1. The molecule has 3 aromatic rings. The van der Waals surface area contributed by atoms with Crippen LogP contribution in [-0.2, 0) is 0 Å². The summed E-state index contributed by atoms with van der Waals surface area (Å²) in [5.41, 5.74) is -9.52. The van der Waals surface area contributed by atoms with E-state index in [0.29, 0.717) is 18.4 Å². The van der Waals surface area contributed by atoms with Gasteiger partial charge in [0.2, 0.25) is 5.82 Å². The Morgan fingerprint density at radius 2 is 0.829 bits per heavy atom. The highest BCUT2D eigenvalue weighted by Crippen LogP contribution is 2.45. The Morgan fingerprint density at radius 1 is 0.488 bits per heavy atom. The predicted molar refractivity (Wildman–Crippen MR) is 121 cm³/mol. The van der Waals surface area contributed by atoms with Gasteiger partial charge < -0.3 is 5.32 Å². The van der Waals surface area contributed by atoms with Crippen molar-refractivity contribution in [1.29, 1.82) is 0 Å². The zero-order chi connectivity index (χ0) is 30.7. The molecule has 1 N–H and O–H groups in total. The molecule has 3 aromatic carbocycles. The summed E-state index contributed by atoms with van der Waals surface area (Å²) >= 11 is 0. The van der Waals surface area contributed by atoms with Crippen molar-refractivity contribution in [2.75, 3.05) is 5.32 Å². The average molecular weight is 601 g/mol. The number of halogens is 13. The van der Waals surface area contributed by atoms with Gasteiger partial charge in [0.1, 0.15) is 11.4 Å². The van der Waals surface area contributed by atoms with Crippen molar-refractivity contribution < 1.29 is 57.1 Å². The number of hydrogen-bond acceptors (Lipinski definition) is 1. The summed E-state index contributed by atoms with van der Waals surface area (Å²) in [6.45, 7) is 3.35. The molecule has 0 spiro atoms. The van der Waals surface area contributed by atoms with E-state index in [4.69, 9.17) is 0 Å². The summed E-state index contributed by atoms with van der Waals surface area (Å²) in [6.07, 6.45) is 1.81. The minimum atomic E-state index is -2.79. The van der Waals surface area contributed by atoms with Crippen LogP contribution in [0, 0.1) is 81.5 Å². The van der Waals surface area contributed by atoms with Crippen LogP contribution in [-0.4, -0.2) is 0 Å². The van der Waals surface area contributed by atoms with Gasteiger partial charge in [-0.3, -0.25) is 0 Å². The smallest absolute Gasteiger partial charge is 0.200 e. The minimum absolute atomic E-state index is 0.0376. The van der Waals surface area contributed by atoms with E-state index in [9.17, 15) is 48.3 Å². The molecule has 0 aliphatic heterocycles. The molecule has 0 radical (unpaired) electrons. The first kappa shape index (κ1) is 30.3. The summed E-state index contributed by atoms with van der Waals surface area (Å²) in [6, 6.07) is 0. The highest BCUT2D eigenvalue weighted by Gasteiger charge is 2.36. The van der Waals surface area contributed by atoms with Crippen LogP contribution in [0.2, 0.25) is 0 Å². The Balaban J connectivity index is 1.87. The van der Waals surface area contributed by atoms with E-state index in [1.165, 1.54) is 12.2 Å². The second-order valence-electron chi connectivity index (χ2n) is 9.40. The molecular formula is C27H16F13N. The van der Waals surface area contributed by atoms with Gasteiger partial charge in [0, 0.05) is 0 Å². The Bertz CT molecular complexity index is 1540. The summed E-state index contributed by atoms with van der Waals surface area (Å²) in [5.74, 6) is -33.3. The van der Waals surface area contributed by atoms with Gasteiger partial charge in [-0.1, -0.05) is 25.3 Å². The third-order valence-corrected chi connectivity index (χ3v) is 6.84. The lowest BCUT2D eigenvalue weighted by Crippen LogP contribution is -2.13. The molecule has 0 fully saturated rings. The second kappa shape index (κ2) is 10.9. The van der Waals surface area contributed by atoms with Crippen LogP contribution in [0.3, 0.4) is 0 Å². The van der Waals surface area contributed by atoms with Gasteiger partial charge in [0.15, 0.2) is 69.8 Å². The maximum atomic E-state index is 15.0. The molecule has 1 atom stereocenters. The van der Waals surface area contributed by atoms with Crippen molar-refractivity contribution in [2.45, 2.75) is 39.5 Å². The van der Waals surface area contributed by atoms with Crippen LogP contribution in [0.25, 0.3) is 16.7 Å². The SMILES string of the molecule is CCCC1CC(C)=C(c2c(F)c(F)c(Nc3c(F)c(F)c(-c4c(F)c(F)c(F)c(F)c4F)c(F)c3F)c(F)c2F)C1.